The van der Waals surface area contributed by atoms with Gasteiger partial charge in [0.05, 0.1) is 33.0 Å². The Hall–Kier alpha value is -4.86. The third-order valence-corrected chi connectivity index (χ3v) is 5.92. The fourth-order valence-corrected chi connectivity index (χ4v) is 4.15. The van der Waals surface area contributed by atoms with E-state index in [1.54, 1.807) is 0 Å². The monoisotopic (exact) mass is 585 g/mol. The molecule has 0 aliphatic heterocycles. The van der Waals surface area contributed by atoms with Crippen LogP contribution < -0.4 is 10.4 Å². The predicted octanol–water partition coefficient (Wildman–Crippen LogP) is 6.18. The molecule has 0 aliphatic carbocycles. The minimum absolute atomic E-state index is 0.469. The van der Waals surface area contributed by atoms with Crippen molar-refractivity contribution in [2.45, 2.75) is 17.2 Å². The van der Waals surface area contributed by atoms with Crippen LogP contribution in [0.2, 0.25) is 0 Å². The minimum Gasteiger partial charge on any atom is -0.205 e. The lowest BCUT2D eigenvalue weighted by atomic mass is 9.92. The van der Waals surface area contributed by atoms with Gasteiger partial charge < -0.3 is 0 Å². The topological polar surface area (TPSA) is 119 Å². The largest absolute Gasteiger partial charge is 0.417 e. The van der Waals surface area contributed by atoms with E-state index in [0.29, 0.717) is 12.1 Å². The summed E-state index contributed by atoms with van der Waals surface area (Å²) in [5.41, 5.74) is -14.3. The standard InChI is InChI=1S/C21H3F12N5S/c22-19-13(7-37)11(10(4-34)5-35)3-17(39(29,30,31,32)33)18(19)12(6-36)9-1-15(20(23,24)25)14(8-38)16(2-9)21(26,27)28/h1-3H/b18-12+. The summed E-state index contributed by atoms with van der Waals surface area (Å²) in [4.78, 5) is -3.42. The van der Waals surface area contributed by atoms with E-state index in [1.165, 1.54) is 0 Å². The van der Waals surface area contributed by atoms with E-state index in [0.717, 1.165) is 18.2 Å². The Morgan fingerprint density at radius 1 is 0.667 bits per heavy atom. The number of benzene rings is 2. The Labute approximate surface area is 208 Å². The average molecular weight is 585 g/mol. The second kappa shape index (κ2) is 8.59. The van der Waals surface area contributed by atoms with Gasteiger partial charge in [0.15, 0.2) is 5.82 Å². The second-order valence-electron chi connectivity index (χ2n) is 7.21. The molecule has 0 unspecified atom stereocenters. The molecule has 0 aromatic heterocycles. The summed E-state index contributed by atoms with van der Waals surface area (Å²) in [6, 6.07) is 2.21. The van der Waals surface area contributed by atoms with Crippen LogP contribution in [-0.4, -0.2) is 0 Å². The highest BCUT2D eigenvalue weighted by atomic mass is 32.5. The Morgan fingerprint density at radius 2 is 1.10 bits per heavy atom. The van der Waals surface area contributed by atoms with Crippen LogP contribution >= 0.6 is 10.2 Å². The van der Waals surface area contributed by atoms with Crippen LogP contribution in [0.1, 0.15) is 27.8 Å². The number of hydrogen-bond acceptors (Lipinski definition) is 5. The quantitative estimate of drug-likeness (QED) is 0.390. The molecule has 0 atom stereocenters. The summed E-state index contributed by atoms with van der Waals surface area (Å²) in [6.45, 7) is 0. The van der Waals surface area contributed by atoms with Crippen LogP contribution in [0.4, 0.5) is 50.2 Å². The van der Waals surface area contributed by atoms with Crippen LogP contribution in [0.25, 0.3) is 11.1 Å². The Balaban J connectivity index is 3.57. The van der Waals surface area contributed by atoms with E-state index in [1.807, 2.05) is 0 Å². The summed E-state index contributed by atoms with van der Waals surface area (Å²) < 4.78 is 166. The molecule has 0 saturated carbocycles. The van der Waals surface area contributed by atoms with E-state index in [9.17, 15) is 56.3 Å². The van der Waals surface area contributed by atoms with Gasteiger partial charge in [-0.05, 0) is 23.8 Å². The molecule has 0 spiro atoms. The number of alkyl halides is 6. The number of rotatable bonds is 2. The van der Waals surface area contributed by atoms with Gasteiger partial charge in [0.2, 0.25) is 0 Å². The summed E-state index contributed by atoms with van der Waals surface area (Å²) in [6.07, 6.45) is -11.7. The number of nitrogens with zero attached hydrogens (tertiary/aromatic N) is 5. The molecule has 0 aliphatic rings. The molecule has 5 nitrogen and oxygen atoms in total. The van der Waals surface area contributed by atoms with Crippen LogP contribution in [0.15, 0.2) is 23.1 Å². The molecule has 2 aromatic carbocycles. The molecule has 0 bridgehead atoms. The van der Waals surface area contributed by atoms with Crippen molar-refractivity contribution in [3.05, 3.63) is 62.3 Å². The highest BCUT2D eigenvalue weighted by molar-refractivity contribution is 8.45. The highest BCUT2D eigenvalue weighted by Gasteiger charge is 2.66. The molecule has 0 radical (unpaired) electrons. The van der Waals surface area contributed by atoms with Gasteiger partial charge in [-0.1, -0.05) is 19.4 Å². The normalized spacial score (nSPS) is 14.3. The lowest BCUT2D eigenvalue weighted by Crippen LogP contribution is -2.31. The molecule has 0 saturated heterocycles. The molecule has 0 heterocycles. The average Bonchev–Trinajstić information content (AvgIpc) is 2.78. The molecular formula is C21H3F12N5S. The molecule has 0 N–H and O–H groups in total. The van der Waals surface area contributed by atoms with Gasteiger partial charge in [0.1, 0.15) is 40.8 Å². The van der Waals surface area contributed by atoms with E-state index >= 15 is 4.39 Å². The van der Waals surface area contributed by atoms with Crippen molar-refractivity contribution < 1.29 is 50.2 Å². The smallest absolute Gasteiger partial charge is 0.205 e. The lowest BCUT2D eigenvalue weighted by molar-refractivity contribution is -0.143. The van der Waals surface area contributed by atoms with Crippen LogP contribution in [0.5, 0.6) is 0 Å². The van der Waals surface area contributed by atoms with Gasteiger partial charge in [-0.3, -0.25) is 0 Å². The van der Waals surface area contributed by atoms with E-state index in [2.05, 4.69) is 0 Å². The Kier molecular flexibility index (Phi) is 6.69. The maximum absolute atomic E-state index is 15.3. The molecule has 0 amide bonds. The molecule has 202 valence electrons. The summed E-state index contributed by atoms with van der Waals surface area (Å²) in [7, 11) is -11.3. The van der Waals surface area contributed by atoms with Gasteiger partial charge in [-0.15, -0.1) is 0 Å². The minimum atomic E-state index is -11.3. The molecule has 2 aromatic rings. The Morgan fingerprint density at radius 3 is 1.41 bits per heavy atom. The highest BCUT2D eigenvalue weighted by Crippen LogP contribution is 3.01. The first-order valence-electron chi connectivity index (χ1n) is 9.15. The molecule has 0 fully saturated rings. The zero-order valence-corrected chi connectivity index (χ0v) is 18.7. The van der Waals surface area contributed by atoms with E-state index < -0.39 is 101 Å². The zero-order valence-electron chi connectivity index (χ0n) is 17.9. The van der Waals surface area contributed by atoms with Crippen LogP contribution in [-0.2, 0) is 12.4 Å². The summed E-state index contributed by atoms with van der Waals surface area (Å²) in [5, 5.41) is 40.9. The van der Waals surface area contributed by atoms with Crippen LogP contribution in [0, 0.1) is 62.5 Å². The maximum atomic E-state index is 15.3. The van der Waals surface area contributed by atoms with Gasteiger partial charge in [-0.2, -0.15) is 52.7 Å². The fraction of sp³-hybridized carbons (Fsp3) is 0.0952. The Bertz CT molecular complexity index is 1720. The lowest BCUT2D eigenvalue weighted by Gasteiger charge is -2.41. The molecule has 39 heavy (non-hydrogen) atoms. The molecular weight excluding hydrogens is 582 g/mol. The van der Waals surface area contributed by atoms with Crippen molar-refractivity contribution in [1.29, 1.82) is 26.3 Å². The van der Waals surface area contributed by atoms with Crippen molar-refractivity contribution in [3.63, 3.8) is 0 Å². The first-order chi connectivity index (χ1) is 17.5. The van der Waals surface area contributed by atoms with E-state index in [4.69, 9.17) is 15.8 Å². The van der Waals surface area contributed by atoms with Crippen LogP contribution in [0.3, 0.4) is 0 Å². The maximum Gasteiger partial charge on any atom is 0.417 e. The molecule has 2 rings (SSSR count). The van der Waals surface area contributed by atoms with Gasteiger partial charge in [0, 0.05) is 5.22 Å². The number of halogens is 12. The second-order valence-corrected chi connectivity index (χ2v) is 9.58. The van der Waals surface area contributed by atoms with E-state index in [-0.39, 0.29) is 0 Å². The number of hydrogen-bond donors (Lipinski definition) is 0. The third-order valence-electron chi connectivity index (χ3n) is 4.76. The summed E-state index contributed by atoms with van der Waals surface area (Å²) >= 11 is 0. The molecule has 18 heteroatoms. The SMILES string of the molecule is N#CC(C#N)=c1cc(S(F)(F)(F)(F)F)/c(=C(/C#N)c2cc(C(F)(F)F)c(C#N)c(C(F)(F)F)c2)c(F)c1C#N. The predicted molar refractivity (Wildman–Crippen MR) is 106 cm³/mol. The zero-order chi connectivity index (χ0) is 30.4. The van der Waals surface area contributed by atoms with Gasteiger partial charge in [-0.25, -0.2) is 4.39 Å². The van der Waals surface area contributed by atoms with Gasteiger partial charge >= 0.3 is 22.6 Å². The number of nitriles is 5. The first-order valence-corrected chi connectivity index (χ1v) is 11.1. The van der Waals surface area contributed by atoms with Crippen molar-refractivity contribution in [2.24, 2.45) is 0 Å². The third kappa shape index (κ3) is 5.69. The van der Waals surface area contributed by atoms with Crippen molar-refractivity contribution in [3.8, 4) is 30.3 Å². The van der Waals surface area contributed by atoms with Crippen molar-refractivity contribution in [1.82, 2.24) is 0 Å². The van der Waals surface area contributed by atoms with Gasteiger partial charge in [0.25, 0.3) is 0 Å². The first kappa shape index (κ1) is 30.4. The summed E-state index contributed by atoms with van der Waals surface area (Å²) in [5.74, 6) is -2.70. The fourth-order valence-electron chi connectivity index (χ4n) is 3.23. The van der Waals surface area contributed by atoms with Crippen molar-refractivity contribution in [2.75, 3.05) is 0 Å². The van der Waals surface area contributed by atoms with Crippen molar-refractivity contribution >= 4 is 21.4 Å².